The van der Waals surface area contributed by atoms with Gasteiger partial charge in [-0.05, 0) is 6.07 Å². The minimum atomic E-state index is -3.42. The Balaban J connectivity index is 3.24. The fourth-order valence-electron chi connectivity index (χ4n) is 1.39. The molecule has 1 aromatic carbocycles. The number of aliphatic hydroxyl groups excluding tert-OH is 2. The lowest BCUT2D eigenvalue weighted by Crippen LogP contribution is -2.32. The smallest absolute Gasteiger partial charge is 0.175 e. The third-order valence-electron chi connectivity index (χ3n) is 2.25. The zero-order valence-corrected chi connectivity index (χ0v) is 9.68. The van der Waals surface area contributed by atoms with Gasteiger partial charge in [-0.25, -0.2) is 8.42 Å². The normalized spacial score (nSPS) is 15.8. The SMILES string of the molecule is CS(=O)(=O)c1ccccc1C(O)C(N)CO. The monoisotopic (exact) mass is 245 g/mol. The maximum Gasteiger partial charge on any atom is 0.175 e. The highest BCUT2D eigenvalue weighted by Gasteiger charge is 2.22. The Morgan fingerprint density at radius 1 is 1.38 bits per heavy atom. The summed E-state index contributed by atoms with van der Waals surface area (Å²) in [6.07, 6.45) is -0.140. The number of benzene rings is 1. The Morgan fingerprint density at radius 2 is 1.94 bits per heavy atom. The van der Waals surface area contributed by atoms with Gasteiger partial charge in [0.25, 0.3) is 0 Å². The lowest BCUT2D eigenvalue weighted by Gasteiger charge is -2.19. The molecule has 5 nitrogen and oxygen atoms in total. The van der Waals surface area contributed by atoms with Gasteiger partial charge in [-0.15, -0.1) is 0 Å². The van der Waals surface area contributed by atoms with Gasteiger partial charge in [0.1, 0.15) is 0 Å². The summed E-state index contributed by atoms with van der Waals surface area (Å²) in [4.78, 5) is 0.0337. The van der Waals surface area contributed by atoms with Gasteiger partial charge < -0.3 is 15.9 Å². The molecule has 0 amide bonds. The lowest BCUT2D eigenvalue weighted by molar-refractivity contribution is 0.107. The quantitative estimate of drug-likeness (QED) is 0.660. The summed E-state index contributed by atoms with van der Waals surface area (Å²) >= 11 is 0. The van der Waals surface area contributed by atoms with Gasteiger partial charge in [0.15, 0.2) is 9.84 Å². The van der Waals surface area contributed by atoms with Gasteiger partial charge >= 0.3 is 0 Å². The van der Waals surface area contributed by atoms with E-state index in [-0.39, 0.29) is 10.5 Å². The van der Waals surface area contributed by atoms with Crippen LogP contribution in [0.4, 0.5) is 0 Å². The largest absolute Gasteiger partial charge is 0.395 e. The van der Waals surface area contributed by atoms with E-state index in [9.17, 15) is 13.5 Å². The van der Waals surface area contributed by atoms with Crippen LogP contribution in [0.3, 0.4) is 0 Å². The molecule has 0 saturated carbocycles. The van der Waals surface area contributed by atoms with Gasteiger partial charge in [-0.2, -0.15) is 0 Å². The predicted octanol–water partition coefficient (Wildman–Crippen LogP) is -0.557. The van der Waals surface area contributed by atoms with E-state index < -0.39 is 28.6 Å². The van der Waals surface area contributed by atoms with Crippen molar-refractivity contribution in [1.82, 2.24) is 0 Å². The molecule has 4 N–H and O–H groups in total. The Hall–Kier alpha value is -0.950. The van der Waals surface area contributed by atoms with Crippen LogP contribution in [0.25, 0.3) is 0 Å². The molecule has 1 aromatic rings. The molecule has 0 saturated heterocycles. The van der Waals surface area contributed by atoms with Crippen molar-refractivity contribution in [3.63, 3.8) is 0 Å². The molecule has 0 aromatic heterocycles. The Kier molecular flexibility index (Phi) is 4.03. The van der Waals surface area contributed by atoms with Crippen LogP contribution in [-0.4, -0.2) is 37.5 Å². The van der Waals surface area contributed by atoms with Crippen molar-refractivity contribution in [3.8, 4) is 0 Å². The number of aliphatic hydroxyl groups is 2. The van der Waals surface area contributed by atoms with Gasteiger partial charge in [0.2, 0.25) is 0 Å². The molecule has 0 radical (unpaired) electrons. The molecule has 0 bridgehead atoms. The lowest BCUT2D eigenvalue weighted by atomic mass is 10.0. The minimum absolute atomic E-state index is 0.0337. The average molecular weight is 245 g/mol. The highest BCUT2D eigenvalue weighted by atomic mass is 32.2. The highest BCUT2D eigenvalue weighted by molar-refractivity contribution is 7.90. The molecular formula is C10H15NO4S. The van der Waals surface area contributed by atoms with Crippen LogP contribution in [-0.2, 0) is 9.84 Å². The molecule has 0 aliphatic rings. The van der Waals surface area contributed by atoms with E-state index in [0.717, 1.165) is 6.26 Å². The first-order chi connectivity index (χ1) is 7.38. The number of rotatable bonds is 4. The van der Waals surface area contributed by atoms with Crippen molar-refractivity contribution >= 4 is 9.84 Å². The summed E-state index contributed by atoms with van der Waals surface area (Å²) in [6, 6.07) is 5.16. The van der Waals surface area contributed by atoms with Crippen LogP contribution in [0.2, 0.25) is 0 Å². The van der Waals surface area contributed by atoms with Crippen molar-refractivity contribution in [2.24, 2.45) is 5.73 Å². The third kappa shape index (κ3) is 2.79. The minimum Gasteiger partial charge on any atom is -0.395 e. The van der Waals surface area contributed by atoms with Crippen LogP contribution in [0.1, 0.15) is 11.7 Å². The standard InChI is InChI=1S/C10H15NO4S/c1-16(14,15)9-5-3-2-4-7(9)10(13)8(11)6-12/h2-5,8,10,12-13H,6,11H2,1H3. The zero-order chi connectivity index (χ0) is 12.3. The first-order valence-electron chi connectivity index (χ1n) is 4.71. The summed E-state index contributed by atoms with van der Waals surface area (Å²) < 4.78 is 22.9. The van der Waals surface area contributed by atoms with Crippen molar-refractivity contribution in [1.29, 1.82) is 0 Å². The molecule has 6 heteroatoms. The van der Waals surface area contributed by atoms with Crippen molar-refractivity contribution in [2.75, 3.05) is 12.9 Å². The van der Waals surface area contributed by atoms with Gasteiger partial charge in [0.05, 0.1) is 23.6 Å². The van der Waals surface area contributed by atoms with E-state index in [1.807, 2.05) is 0 Å². The van der Waals surface area contributed by atoms with Gasteiger partial charge in [0, 0.05) is 11.8 Å². The fraction of sp³-hybridized carbons (Fsp3) is 0.400. The van der Waals surface area contributed by atoms with Crippen molar-refractivity contribution < 1.29 is 18.6 Å². The third-order valence-corrected chi connectivity index (χ3v) is 3.42. The number of hydrogen-bond acceptors (Lipinski definition) is 5. The van der Waals surface area contributed by atoms with Gasteiger partial charge in [-0.3, -0.25) is 0 Å². The Bertz CT molecular complexity index is 458. The summed E-state index contributed by atoms with van der Waals surface area (Å²) in [5.74, 6) is 0. The molecule has 90 valence electrons. The van der Waals surface area contributed by atoms with Crippen LogP contribution in [0, 0.1) is 0 Å². The molecule has 0 spiro atoms. The van der Waals surface area contributed by atoms with E-state index >= 15 is 0 Å². The maximum atomic E-state index is 11.5. The molecule has 0 aliphatic heterocycles. The summed E-state index contributed by atoms with van der Waals surface area (Å²) in [7, 11) is -3.42. The van der Waals surface area contributed by atoms with E-state index in [1.165, 1.54) is 12.1 Å². The average Bonchev–Trinajstić information content (AvgIpc) is 2.26. The number of hydrogen-bond donors (Lipinski definition) is 3. The highest BCUT2D eigenvalue weighted by Crippen LogP contribution is 2.23. The van der Waals surface area contributed by atoms with E-state index in [4.69, 9.17) is 10.8 Å². The van der Waals surface area contributed by atoms with Crippen LogP contribution >= 0.6 is 0 Å². The molecule has 0 aliphatic carbocycles. The molecule has 0 heterocycles. The van der Waals surface area contributed by atoms with Crippen molar-refractivity contribution in [2.45, 2.75) is 17.0 Å². The van der Waals surface area contributed by atoms with E-state index in [0.29, 0.717) is 0 Å². The molecule has 1 rings (SSSR count). The van der Waals surface area contributed by atoms with Crippen LogP contribution in [0.15, 0.2) is 29.2 Å². The Morgan fingerprint density at radius 3 is 2.44 bits per heavy atom. The number of nitrogens with two attached hydrogens (primary N) is 1. The molecular weight excluding hydrogens is 230 g/mol. The second-order valence-corrected chi connectivity index (χ2v) is 5.59. The summed E-state index contributed by atoms with van der Waals surface area (Å²) in [6.45, 7) is -0.417. The van der Waals surface area contributed by atoms with E-state index in [2.05, 4.69) is 0 Å². The fourth-order valence-corrected chi connectivity index (χ4v) is 2.34. The molecule has 2 atom stereocenters. The first-order valence-corrected chi connectivity index (χ1v) is 6.60. The first kappa shape index (κ1) is 13.1. The van der Waals surface area contributed by atoms with Crippen LogP contribution < -0.4 is 5.73 Å². The van der Waals surface area contributed by atoms with Crippen LogP contribution in [0.5, 0.6) is 0 Å². The molecule has 2 unspecified atom stereocenters. The predicted molar refractivity (Wildman–Crippen MR) is 59.6 cm³/mol. The van der Waals surface area contributed by atoms with Gasteiger partial charge in [-0.1, -0.05) is 18.2 Å². The Labute approximate surface area is 94.4 Å². The van der Waals surface area contributed by atoms with E-state index in [1.54, 1.807) is 12.1 Å². The maximum absolute atomic E-state index is 11.5. The molecule has 0 fully saturated rings. The second-order valence-electron chi connectivity index (χ2n) is 3.60. The summed E-state index contributed by atoms with van der Waals surface area (Å²) in [5, 5.41) is 18.6. The topological polar surface area (TPSA) is 101 Å². The molecule has 16 heavy (non-hydrogen) atoms. The van der Waals surface area contributed by atoms with Crippen molar-refractivity contribution in [3.05, 3.63) is 29.8 Å². The number of sulfone groups is 1. The summed E-state index contributed by atoms with van der Waals surface area (Å²) in [5.41, 5.74) is 5.68. The second kappa shape index (κ2) is 4.92. The zero-order valence-electron chi connectivity index (χ0n) is 8.87.